The molecule has 4 aliphatic carbocycles. The van der Waals surface area contributed by atoms with Crippen LogP contribution >= 0.6 is 0 Å². The highest BCUT2D eigenvalue weighted by Crippen LogP contribution is 2.71. The molecule has 0 radical (unpaired) electrons. The van der Waals surface area contributed by atoms with E-state index >= 15 is 0 Å². The second-order valence-electron chi connectivity index (χ2n) is 11.6. The van der Waals surface area contributed by atoms with Crippen molar-refractivity contribution in [3.05, 3.63) is 47.1 Å². The molecule has 36 heavy (non-hydrogen) atoms. The number of ether oxygens (including phenoxy) is 2. The lowest BCUT2D eigenvalue weighted by atomic mass is 9.59. The summed E-state index contributed by atoms with van der Waals surface area (Å²) in [5, 5.41) is 24.3. The Morgan fingerprint density at radius 3 is 2.53 bits per heavy atom. The minimum atomic E-state index is -2.15. The highest BCUT2D eigenvalue weighted by molar-refractivity contribution is 5.96. The van der Waals surface area contributed by atoms with Crippen molar-refractivity contribution < 1.29 is 34.1 Å². The number of carbonyl (C=O) groups is 3. The third-order valence-electron chi connectivity index (χ3n) is 9.38. The molecule has 0 amide bonds. The van der Waals surface area contributed by atoms with Crippen LogP contribution in [0.3, 0.4) is 0 Å². The van der Waals surface area contributed by atoms with E-state index in [-0.39, 0.29) is 41.1 Å². The third-order valence-corrected chi connectivity index (χ3v) is 9.38. The largest absolute Gasteiger partial charge is 0.458 e. The van der Waals surface area contributed by atoms with Crippen LogP contribution in [0.2, 0.25) is 0 Å². The van der Waals surface area contributed by atoms with Gasteiger partial charge in [0.15, 0.2) is 17.5 Å². The molecule has 7 nitrogen and oxygen atoms in total. The van der Waals surface area contributed by atoms with Crippen molar-refractivity contribution in [3.63, 3.8) is 0 Å². The summed E-state index contributed by atoms with van der Waals surface area (Å²) in [4.78, 5) is 39.4. The number of fused-ring (bicyclic) bond motifs is 3. The first kappa shape index (κ1) is 26.6. The summed E-state index contributed by atoms with van der Waals surface area (Å²) >= 11 is 0. The topological polar surface area (TPSA) is 110 Å². The fourth-order valence-corrected chi connectivity index (χ4v) is 7.24. The number of carbonyl (C=O) groups excluding carboxylic acids is 3. The molecule has 4 rings (SSSR count). The van der Waals surface area contributed by atoms with Crippen LogP contribution in [0.15, 0.2) is 47.1 Å². The Morgan fingerprint density at radius 2 is 1.92 bits per heavy atom. The molecule has 4 aliphatic rings. The maximum absolute atomic E-state index is 14.5. The molecular weight excluding hydrogens is 460 g/mol. The first-order chi connectivity index (χ1) is 16.8. The first-order valence-corrected chi connectivity index (χ1v) is 12.8. The number of rotatable bonds is 5. The van der Waals surface area contributed by atoms with Crippen molar-refractivity contribution in [1.29, 1.82) is 0 Å². The Hall–Kier alpha value is -2.51. The second kappa shape index (κ2) is 8.80. The average molecular weight is 499 g/mol. The van der Waals surface area contributed by atoms with Crippen molar-refractivity contribution >= 4 is 17.7 Å². The Balaban J connectivity index is 1.87. The van der Waals surface area contributed by atoms with E-state index in [0.717, 1.165) is 0 Å². The van der Waals surface area contributed by atoms with E-state index in [1.165, 1.54) is 6.08 Å². The van der Waals surface area contributed by atoms with Crippen molar-refractivity contribution in [2.75, 3.05) is 6.61 Å². The number of ketones is 1. The summed E-state index contributed by atoms with van der Waals surface area (Å²) < 4.78 is 11.2. The van der Waals surface area contributed by atoms with Crippen molar-refractivity contribution in [3.8, 4) is 0 Å². The molecule has 2 saturated carbocycles. The third kappa shape index (κ3) is 3.50. The first-order valence-electron chi connectivity index (χ1n) is 12.8. The van der Waals surface area contributed by atoms with Crippen LogP contribution in [-0.4, -0.2) is 52.4 Å². The van der Waals surface area contributed by atoms with Gasteiger partial charge < -0.3 is 19.7 Å². The van der Waals surface area contributed by atoms with Gasteiger partial charge in [-0.05, 0) is 68.4 Å². The number of allylic oxidation sites excluding steroid dienone is 3. The fourth-order valence-electron chi connectivity index (χ4n) is 7.24. The molecule has 7 heteroatoms. The summed E-state index contributed by atoms with van der Waals surface area (Å²) in [5.74, 6) is -1.96. The standard InChI is InChI=1S/C29H38O7/c1-8-10-21(30)35-14-18-12-19-22-20(27(22,6)7)11-17(5)28(24(19)32)13-16(4)25(29(28,34)23(18)31)36-26(33)15(3)9-2/h8-10,12-13,17,19-20,22-23,25,31,34H,11,14H2,1-7H3/b10-8+,15-9-/t17-,19?,20-,22+,23?,25+,28?,29+/m1/s1. The molecule has 196 valence electrons. The quantitative estimate of drug-likeness (QED) is 0.339. The summed E-state index contributed by atoms with van der Waals surface area (Å²) in [6.07, 6.45) is 5.73. The van der Waals surface area contributed by atoms with Gasteiger partial charge in [-0.2, -0.15) is 0 Å². The number of hydrogen-bond donors (Lipinski definition) is 2. The van der Waals surface area contributed by atoms with Crippen LogP contribution in [-0.2, 0) is 23.9 Å². The molecule has 2 bridgehead atoms. The van der Waals surface area contributed by atoms with Gasteiger partial charge in [-0.25, -0.2) is 9.59 Å². The Kier molecular flexibility index (Phi) is 6.49. The van der Waals surface area contributed by atoms with Crippen LogP contribution in [0.4, 0.5) is 0 Å². The predicted molar refractivity (Wildman–Crippen MR) is 133 cm³/mol. The van der Waals surface area contributed by atoms with Crippen LogP contribution in [0.25, 0.3) is 0 Å². The maximum Gasteiger partial charge on any atom is 0.334 e. The number of esters is 2. The van der Waals surface area contributed by atoms with E-state index in [4.69, 9.17) is 9.47 Å². The van der Waals surface area contributed by atoms with Crippen molar-refractivity contribution in [2.24, 2.45) is 34.5 Å². The smallest absolute Gasteiger partial charge is 0.334 e. The molecule has 0 aromatic heterocycles. The number of aliphatic hydroxyl groups excluding tert-OH is 1. The Bertz CT molecular complexity index is 1110. The number of hydrogen-bond acceptors (Lipinski definition) is 7. The van der Waals surface area contributed by atoms with Gasteiger partial charge >= 0.3 is 11.9 Å². The highest BCUT2D eigenvalue weighted by Gasteiger charge is 2.76. The van der Waals surface area contributed by atoms with E-state index < -0.39 is 41.1 Å². The van der Waals surface area contributed by atoms with Gasteiger partial charge in [0.25, 0.3) is 0 Å². The maximum atomic E-state index is 14.5. The van der Waals surface area contributed by atoms with Crippen LogP contribution < -0.4 is 0 Å². The van der Waals surface area contributed by atoms with Crippen molar-refractivity contribution in [2.45, 2.75) is 72.7 Å². The molecule has 0 saturated heterocycles. The van der Waals surface area contributed by atoms with Gasteiger partial charge in [-0.15, -0.1) is 0 Å². The van der Waals surface area contributed by atoms with E-state index in [1.54, 1.807) is 52.0 Å². The zero-order valence-electron chi connectivity index (χ0n) is 22.2. The van der Waals surface area contributed by atoms with Gasteiger partial charge in [-0.3, -0.25) is 4.79 Å². The van der Waals surface area contributed by atoms with E-state index in [2.05, 4.69) is 13.8 Å². The summed E-state index contributed by atoms with van der Waals surface area (Å²) in [7, 11) is 0. The molecule has 0 aromatic carbocycles. The highest BCUT2D eigenvalue weighted by atomic mass is 16.6. The monoisotopic (exact) mass is 498 g/mol. The minimum absolute atomic E-state index is 0.0446. The lowest BCUT2D eigenvalue weighted by Gasteiger charge is -2.48. The van der Waals surface area contributed by atoms with Gasteiger partial charge in [-0.1, -0.05) is 45.1 Å². The normalized spacial score (nSPS) is 40.9. The summed E-state index contributed by atoms with van der Waals surface area (Å²) in [6, 6.07) is 0. The Labute approximate surface area is 212 Å². The molecule has 2 N–H and O–H groups in total. The lowest BCUT2D eigenvalue weighted by Crippen LogP contribution is -2.65. The van der Waals surface area contributed by atoms with Crippen LogP contribution in [0.1, 0.15) is 54.9 Å². The molecule has 3 unspecified atom stereocenters. The SMILES string of the molecule is C/C=C(/C)C(=O)O[C@H]1C(C)=CC23C(=O)C(C=C(COC(=O)/C=C/C)C(O)[C@]12O)[C@H]1[C@@H](C[C@H]3C)C1(C)C. The second-order valence-corrected chi connectivity index (χ2v) is 11.6. The minimum Gasteiger partial charge on any atom is -0.458 e. The number of aliphatic hydroxyl groups is 2. The molecule has 0 heterocycles. The predicted octanol–water partition coefficient (Wildman–Crippen LogP) is 3.46. The zero-order chi connectivity index (χ0) is 26.8. The van der Waals surface area contributed by atoms with Crippen LogP contribution in [0.5, 0.6) is 0 Å². The van der Waals surface area contributed by atoms with E-state index in [1.807, 2.05) is 6.92 Å². The summed E-state index contributed by atoms with van der Waals surface area (Å²) in [6.45, 7) is 12.7. The molecule has 1 spiro atoms. The van der Waals surface area contributed by atoms with E-state index in [9.17, 15) is 24.6 Å². The van der Waals surface area contributed by atoms with E-state index in [0.29, 0.717) is 17.6 Å². The van der Waals surface area contributed by atoms with Gasteiger partial charge in [0.2, 0.25) is 0 Å². The Morgan fingerprint density at radius 1 is 1.25 bits per heavy atom. The average Bonchev–Trinajstić information content (AvgIpc) is 3.31. The molecule has 8 atom stereocenters. The van der Waals surface area contributed by atoms with Gasteiger partial charge in [0.1, 0.15) is 12.7 Å². The molecular formula is C29H38O7. The number of Topliss-reactive ketones (excluding diaryl/α,β-unsaturated/α-hetero) is 1. The lowest BCUT2D eigenvalue weighted by molar-refractivity contribution is -0.201. The van der Waals surface area contributed by atoms with Crippen molar-refractivity contribution in [1.82, 2.24) is 0 Å². The molecule has 0 aliphatic heterocycles. The van der Waals surface area contributed by atoms with Gasteiger partial charge in [0, 0.05) is 17.6 Å². The molecule has 2 fully saturated rings. The fraction of sp³-hybridized carbons (Fsp3) is 0.621. The van der Waals surface area contributed by atoms with Gasteiger partial charge in [0.05, 0.1) is 5.41 Å². The summed E-state index contributed by atoms with van der Waals surface area (Å²) in [5.41, 5.74) is -2.55. The van der Waals surface area contributed by atoms with Crippen LogP contribution in [0, 0.1) is 34.5 Å². The molecule has 0 aromatic rings. The zero-order valence-corrected chi connectivity index (χ0v) is 22.2.